The summed E-state index contributed by atoms with van der Waals surface area (Å²) in [5.74, 6) is 0.836. The largest absolute Gasteiger partial charge is 0.396 e. The smallest absolute Gasteiger partial charge is 0.323 e. The normalized spacial score (nSPS) is 15.0. The molecule has 1 aromatic carbocycles. The average molecular weight is 410 g/mol. The molecule has 3 aromatic rings. The fourth-order valence-corrected chi connectivity index (χ4v) is 3.49. The van der Waals surface area contributed by atoms with Crippen molar-refractivity contribution in [3.8, 4) is 11.3 Å². The van der Waals surface area contributed by atoms with Crippen molar-refractivity contribution in [2.45, 2.75) is 12.0 Å². The van der Waals surface area contributed by atoms with E-state index >= 15 is 0 Å². The number of hydrogen-bond acceptors (Lipinski definition) is 5. The fraction of sp³-hybridized carbons (Fsp3) is 0.286. The Hall–Kier alpha value is -3.46. The van der Waals surface area contributed by atoms with Crippen molar-refractivity contribution in [2.24, 2.45) is 7.05 Å². The maximum Gasteiger partial charge on any atom is 0.323 e. The number of hydrogen-bond donors (Lipinski definition) is 2. The van der Waals surface area contributed by atoms with E-state index in [1.54, 1.807) is 42.5 Å². The first-order valence-corrected chi connectivity index (χ1v) is 9.49. The number of nitrogens with zero attached hydrogens (tertiary/aromatic N) is 4. The number of carbonyl (C=O) groups is 1. The number of likely N-dealkylation sites (tertiary alicyclic amines) is 1. The van der Waals surface area contributed by atoms with E-state index in [-0.39, 0.29) is 17.7 Å². The molecule has 0 bridgehead atoms. The van der Waals surface area contributed by atoms with Gasteiger partial charge in [0.15, 0.2) is 5.82 Å². The lowest BCUT2D eigenvalue weighted by Gasteiger charge is -2.48. The monoisotopic (exact) mass is 410 g/mol. The Morgan fingerprint density at radius 3 is 2.63 bits per heavy atom. The number of nitrogens with two attached hydrogens (primary N) is 1. The number of anilines is 2. The van der Waals surface area contributed by atoms with Crippen molar-refractivity contribution in [1.29, 1.82) is 0 Å². The molecule has 1 aliphatic rings. The highest BCUT2D eigenvalue weighted by atomic mass is 19.1. The van der Waals surface area contributed by atoms with Crippen molar-refractivity contribution in [3.63, 3.8) is 0 Å². The number of amides is 2. The summed E-state index contributed by atoms with van der Waals surface area (Å²) in [6, 6.07) is 9.05. The first kappa shape index (κ1) is 19.8. The summed E-state index contributed by atoms with van der Waals surface area (Å²) < 4.78 is 20.8. The van der Waals surface area contributed by atoms with E-state index in [1.807, 2.05) is 17.8 Å². The highest BCUT2D eigenvalue weighted by Gasteiger charge is 2.46. The molecule has 4 rings (SSSR count). The summed E-state index contributed by atoms with van der Waals surface area (Å²) in [7, 11) is 3.57. The Bertz CT molecular complexity index is 1060. The number of benzene rings is 1. The summed E-state index contributed by atoms with van der Waals surface area (Å²) >= 11 is 0. The molecule has 0 radical (unpaired) electrons. The van der Waals surface area contributed by atoms with Gasteiger partial charge in [0.2, 0.25) is 0 Å². The molecule has 0 aliphatic carbocycles. The van der Waals surface area contributed by atoms with Gasteiger partial charge in [0.1, 0.15) is 17.2 Å². The van der Waals surface area contributed by atoms with Gasteiger partial charge in [-0.25, -0.2) is 19.2 Å². The van der Waals surface area contributed by atoms with Crippen molar-refractivity contribution in [2.75, 3.05) is 31.2 Å². The van der Waals surface area contributed by atoms with E-state index in [1.165, 1.54) is 12.1 Å². The van der Waals surface area contributed by atoms with Gasteiger partial charge < -0.3 is 19.9 Å². The van der Waals surface area contributed by atoms with Gasteiger partial charge in [0, 0.05) is 38.5 Å². The summed E-state index contributed by atoms with van der Waals surface area (Å²) in [6.45, 7) is 0.861. The number of rotatable bonds is 5. The number of urea groups is 1. The SMILES string of the molecule is COC1(Cc2nccn2C)CN(C(=O)Nc2nc(-c3ccc(F)cc3)ccc2N)C1. The molecule has 2 aromatic heterocycles. The molecule has 2 amide bonds. The van der Waals surface area contributed by atoms with Gasteiger partial charge in [-0.2, -0.15) is 0 Å². The Balaban J connectivity index is 1.44. The molecule has 30 heavy (non-hydrogen) atoms. The summed E-state index contributed by atoms with van der Waals surface area (Å²) in [4.78, 5) is 23.1. The summed E-state index contributed by atoms with van der Waals surface area (Å²) in [6.07, 6.45) is 4.23. The summed E-state index contributed by atoms with van der Waals surface area (Å²) in [5.41, 5.74) is 7.19. The molecule has 1 aliphatic heterocycles. The molecule has 9 heteroatoms. The van der Waals surface area contributed by atoms with Crippen LogP contribution in [0.2, 0.25) is 0 Å². The van der Waals surface area contributed by atoms with Crippen LogP contribution in [0.4, 0.5) is 20.7 Å². The maximum absolute atomic E-state index is 13.2. The Labute approximate surface area is 173 Å². The van der Waals surface area contributed by atoms with E-state index in [2.05, 4.69) is 15.3 Å². The molecule has 156 valence electrons. The number of ether oxygens (including phenoxy) is 1. The number of nitrogen functional groups attached to an aromatic ring is 1. The second kappa shape index (κ2) is 7.75. The molecule has 0 unspecified atom stereocenters. The number of aromatic nitrogens is 3. The molecule has 0 spiro atoms. The predicted molar refractivity (Wildman–Crippen MR) is 111 cm³/mol. The van der Waals surface area contributed by atoms with Gasteiger partial charge in [-0.1, -0.05) is 0 Å². The zero-order valence-corrected chi connectivity index (χ0v) is 16.8. The lowest BCUT2D eigenvalue weighted by atomic mass is 9.90. The highest BCUT2D eigenvalue weighted by Crippen LogP contribution is 2.30. The van der Waals surface area contributed by atoms with E-state index in [0.29, 0.717) is 30.9 Å². The minimum Gasteiger partial charge on any atom is -0.396 e. The number of carbonyl (C=O) groups excluding carboxylic acids is 1. The van der Waals surface area contributed by atoms with E-state index in [0.717, 1.165) is 11.4 Å². The van der Waals surface area contributed by atoms with Gasteiger partial charge in [-0.15, -0.1) is 0 Å². The number of methoxy groups -OCH3 is 1. The zero-order valence-electron chi connectivity index (χ0n) is 16.8. The van der Waals surface area contributed by atoms with Crippen molar-refractivity contribution >= 4 is 17.5 Å². The van der Waals surface area contributed by atoms with E-state index < -0.39 is 5.60 Å². The van der Waals surface area contributed by atoms with Crippen LogP contribution in [0, 0.1) is 5.82 Å². The Kier molecular flexibility index (Phi) is 5.13. The quantitative estimate of drug-likeness (QED) is 0.674. The minimum atomic E-state index is -0.467. The zero-order chi connectivity index (χ0) is 21.3. The third-order valence-electron chi connectivity index (χ3n) is 5.37. The second-order valence-corrected chi connectivity index (χ2v) is 7.45. The van der Waals surface area contributed by atoms with Gasteiger partial charge in [-0.05, 0) is 36.4 Å². The topological polar surface area (TPSA) is 98.3 Å². The van der Waals surface area contributed by atoms with Crippen LogP contribution in [0.3, 0.4) is 0 Å². The maximum atomic E-state index is 13.2. The number of halogens is 1. The number of nitrogens with one attached hydrogen (secondary N) is 1. The Morgan fingerprint density at radius 1 is 1.27 bits per heavy atom. The minimum absolute atomic E-state index is 0.265. The first-order valence-electron chi connectivity index (χ1n) is 9.49. The predicted octanol–water partition coefficient (Wildman–Crippen LogP) is 2.68. The van der Waals surface area contributed by atoms with Crippen LogP contribution >= 0.6 is 0 Å². The summed E-state index contributed by atoms with van der Waals surface area (Å²) in [5, 5.41) is 2.77. The molecule has 3 N–H and O–H groups in total. The van der Waals surface area contributed by atoms with Crippen LogP contribution in [0.25, 0.3) is 11.3 Å². The molecule has 3 heterocycles. The third-order valence-corrected chi connectivity index (χ3v) is 5.37. The Morgan fingerprint density at radius 2 is 2.00 bits per heavy atom. The molecule has 8 nitrogen and oxygen atoms in total. The average Bonchev–Trinajstić information content (AvgIpc) is 3.11. The van der Waals surface area contributed by atoms with Gasteiger partial charge in [0.05, 0.1) is 24.5 Å². The number of pyridine rings is 1. The van der Waals surface area contributed by atoms with Crippen LogP contribution in [-0.4, -0.2) is 51.3 Å². The molecular weight excluding hydrogens is 387 g/mol. The van der Waals surface area contributed by atoms with Crippen LogP contribution < -0.4 is 11.1 Å². The van der Waals surface area contributed by atoms with E-state index in [9.17, 15) is 9.18 Å². The fourth-order valence-electron chi connectivity index (χ4n) is 3.49. The molecule has 1 fully saturated rings. The highest BCUT2D eigenvalue weighted by molar-refractivity contribution is 5.92. The van der Waals surface area contributed by atoms with Crippen LogP contribution in [0.15, 0.2) is 48.8 Å². The lowest BCUT2D eigenvalue weighted by Crippen LogP contribution is -2.66. The van der Waals surface area contributed by atoms with Gasteiger partial charge >= 0.3 is 6.03 Å². The first-order chi connectivity index (χ1) is 14.4. The molecule has 1 saturated heterocycles. The number of aryl methyl sites for hydroxylation is 1. The van der Waals surface area contributed by atoms with Crippen LogP contribution in [0.5, 0.6) is 0 Å². The molecule has 0 saturated carbocycles. The molecular formula is C21H23FN6O2. The van der Waals surface area contributed by atoms with Gasteiger partial charge in [0.25, 0.3) is 0 Å². The molecule has 0 atom stereocenters. The second-order valence-electron chi connectivity index (χ2n) is 7.45. The van der Waals surface area contributed by atoms with Crippen LogP contribution in [-0.2, 0) is 18.2 Å². The lowest BCUT2D eigenvalue weighted by molar-refractivity contribution is -0.104. The van der Waals surface area contributed by atoms with Gasteiger partial charge in [-0.3, -0.25) is 5.32 Å². The number of imidazole rings is 1. The van der Waals surface area contributed by atoms with Crippen LogP contribution in [0.1, 0.15) is 5.82 Å². The standard InChI is InChI=1S/C21H23FN6O2/c1-27-10-9-24-18(27)11-21(30-2)12-28(13-21)20(29)26-19-16(23)7-8-17(25-19)14-3-5-15(22)6-4-14/h3-10H,11-13,23H2,1-2H3,(H,25,26,29). The third kappa shape index (κ3) is 3.84. The van der Waals surface area contributed by atoms with E-state index in [4.69, 9.17) is 10.5 Å². The van der Waals surface area contributed by atoms with Crippen molar-refractivity contribution in [3.05, 3.63) is 60.4 Å². The van der Waals surface area contributed by atoms with Crippen molar-refractivity contribution < 1.29 is 13.9 Å². The van der Waals surface area contributed by atoms with Crippen molar-refractivity contribution in [1.82, 2.24) is 19.4 Å².